The molecule has 0 bridgehead atoms. The molecule has 0 atom stereocenters. The van der Waals surface area contributed by atoms with Crippen LogP contribution in [0.1, 0.15) is 0 Å². The number of hydrogen-bond donors (Lipinski definition) is 0. The lowest BCUT2D eigenvalue weighted by Crippen LogP contribution is -1.30. The third kappa shape index (κ3) is 1.53. The summed E-state index contributed by atoms with van der Waals surface area (Å²) >= 11 is 0. The maximum absolute atomic E-state index is 7.53. The molecule has 4 heavy (non-hydrogen) atoms. The fourth-order valence-electron chi connectivity index (χ4n) is 0. The van der Waals surface area contributed by atoms with Crippen LogP contribution in [0.4, 0.5) is 0 Å². The van der Waals surface area contributed by atoms with Crippen molar-refractivity contribution in [2.45, 2.75) is 0 Å². The molecule has 3 nitrogen and oxygen atoms in total. The van der Waals surface area contributed by atoms with Gasteiger partial charge in [0.15, 0.2) is 0 Å². The van der Waals surface area contributed by atoms with Gasteiger partial charge in [0.25, 0.3) is 0 Å². The molecule has 22 valence electrons. The van der Waals surface area contributed by atoms with Gasteiger partial charge in [0.2, 0.25) is 0 Å². The number of rotatable bonds is 1. The van der Waals surface area contributed by atoms with Crippen LogP contribution >= 0.6 is 0 Å². The van der Waals surface area contributed by atoms with Crippen LogP contribution in [0.15, 0.2) is 4.78 Å². The van der Waals surface area contributed by atoms with E-state index in [0.717, 1.165) is 0 Å². The highest BCUT2D eigenvalue weighted by Crippen LogP contribution is 1.44. The Bertz CT molecular complexity index is 97.2. The lowest BCUT2D eigenvalue weighted by molar-refractivity contribution is 1.78. The number of nitrogens with zero attached hydrogens (tertiary/aromatic N) is 3. The quantitative estimate of drug-likeness (QED) is 0.177. The van der Waals surface area contributed by atoms with Gasteiger partial charge in [0.1, 0.15) is 10.2 Å². The van der Waals surface area contributed by atoms with Gasteiger partial charge < -0.3 is 0 Å². The van der Waals surface area contributed by atoms with Crippen LogP contribution in [0, 0.1) is 0 Å². The Balaban J connectivity index is 3.80. The zero-order chi connectivity index (χ0) is 5.91. The second-order valence-electron chi connectivity index (χ2n) is 0.189. The summed E-state index contributed by atoms with van der Waals surface area (Å²) in [5.74, 6) is 0. The third-order valence-electron chi connectivity index (χ3n) is 0.0447. The van der Waals surface area contributed by atoms with E-state index in [-0.39, 0.29) is 0 Å². The van der Waals surface area contributed by atoms with Crippen LogP contribution < -0.4 is 0 Å². The van der Waals surface area contributed by atoms with Crippen LogP contribution in [-0.2, 0) is 0 Å². The van der Waals surface area contributed by atoms with Crippen molar-refractivity contribution < 1.29 is 0 Å². The van der Waals surface area contributed by atoms with Crippen LogP contribution in [-0.4, -0.2) is 13.9 Å². The zero-order valence-electron chi connectivity index (χ0n) is 4.84. The third-order valence-corrected chi connectivity index (χ3v) is 0.134. The Morgan fingerprint density at radius 2 is 3.75 bits per heavy atom. The van der Waals surface area contributed by atoms with E-state index < -0.39 is 10.2 Å². The minimum atomic E-state index is -3.70. The van der Waals surface area contributed by atoms with Crippen LogP contribution in [0.25, 0.3) is 10.4 Å². The molecule has 0 radical (unpaired) electrons. The van der Waals surface area contributed by atoms with Crippen molar-refractivity contribution in [2.75, 3.05) is 0 Å². The standard InChI is InChI=1S/H3N3Si/c1-2-3-4/h4H3/i4T2D. The normalized spacial score (nSPS) is 18.5. The van der Waals surface area contributed by atoms with Crippen molar-refractivity contribution in [1.82, 2.24) is 0 Å². The molecular formula is H3N3Si. The van der Waals surface area contributed by atoms with E-state index in [1.807, 2.05) is 0 Å². The van der Waals surface area contributed by atoms with Gasteiger partial charge >= 0.3 is 0 Å². The van der Waals surface area contributed by atoms with Gasteiger partial charge in [-0.1, -0.05) is 0 Å². The van der Waals surface area contributed by atoms with Gasteiger partial charge in [-0.25, -0.2) is 0 Å². The lowest BCUT2D eigenvalue weighted by atomic mass is 13.0. The van der Waals surface area contributed by atoms with Crippen molar-refractivity contribution in [2.24, 2.45) is 4.78 Å². The van der Waals surface area contributed by atoms with Crippen molar-refractivity contribution in [3.05, 3.63) is 10.4 Å². The Labute approximate surface area is 30.4 Å². The predicted molar refractivity (Wildman–Crippen MR) is 19.1 cm³/mol. The molecule has 4 heteroatoms. The first-order valence-electron chi connectivity index (χ1n) is 2.12. The van der Waals surface area contributed by atoms with E-state index in [2.05, 4.69) is 9.69 Å². The Morgan fingerprint density at radius 1 is 3.00 bits per heavy atom. The zero-order valence-corrected chi connectivity index (χ0v) is 2.84. The SMILES string of the molecule is [2H][Si]([3H])([3H])N=[N+]=[N-]. The largest absolute Gasteiger partial charge is 0.136 e. The molecule has 0 heterocycles. The summed E-state index contributed by atoms with van der Waals surface area (Å²) in [6, 6.07) is 0. The van der Waals surface area contributed by atoms with Gasteiger partial charge in [0.05, 0.1) is 0 Å². The summed E-state index contributed by atoms with van der Waals surface area (Å²) in [4.78, 5) is 2.13. The summed E-state index contributed by atoms with van der Waals surface area (Å²) in [7, 11) is -3.70. The van der Waals surface area contributed by atoms with Crippen LogP contribution in [0.3, 0.4) is 0 Å². The molecule has 0 aromatic rings. The van der Waals surface area contributed by atoms with E-state index in [0.29, 0.717) is 0 Å². The molecule has 0 aromatic heterocycles. The van der Waals surface area contributed by atoms with Crippen molar-refractivity contribution in [3.8, 4) is 0 Å². The predicted octanol–water partition coefficient (Wildman–Crippen LogP) is -0.423. The van der Waals surface area contributed by atoms with Crippen molar-refractivity contribution in [3.63, 3.8) is 0 Å². The molecule has 0 fully saturated rings. The molecule has 0 aromatic carbocycles. The smallest absolute Gasteiger partial charge is 0.107 e. The molecule has 0 saturated carbocycles. The van der Waals surface area contributed by atoms with Crippen LogP contribution in [0.2, 0.25) is 0 Å². The topological polar surface area (TPSA) is 48.8 Å². The highest BCUT2D eigenvalue weighted by atomic mass is 28.2. The number of hydrogen-bond acceptors (Lipinski definition) is 1. The van der Waals surface area contributed by atoms with Crippen molar-refractivity contribution >= 4 is 10.2 Å². The highest BCUT2D eigenvalue weighted by molar-refractivity contribution is 6.05. The van der Waals surface area contributed by atoms with E-state index >= 15 is 0 Å². The molecule has 0 N–H and O–H groups in total. The molecule has 0 rings (SSSR count). The minimum Gasteiger partial charge on any atom is -0.136 e. The molecule has 0 aliphatic rings. The summed E-state index contributed by atoms with van der Waals surface area (Å²) in [5, 5.41) is 0. The van der Waals surface area contributed by atoms with Gasteiger partial charge in [-0.05, 0) is 10.4 Å². The summed E-state index contributed by atoms with van der Waals surface area (Å²) < 4.78 is 21.7. The Hall–Kier alpha value is -0.473. The Kier molecular flexibility index (Phi) is 0.466. The maximum Gasteiger partial charge on any atom is 0.107 e. The maximum atomic E-state index is 7.53. The number of azide groups is 1. The Morgan fingerprint density at radius 3 is 3.75 bits per heavy atom. The van der Waals surface area contributed by atoms with Crippen molar-refractivity contribution in [1.29, 1.82) is 3.70 Å². The minimum absolute atomic E-state index is 2.13. The first kappa shape index (κ1) is 0.737. The average molecular weight is 78.2 g/mol. The molecule has 0 aliphatic heterocycles. The fourth-order valence-corrected chi connectivity index (χ4v) is 0. The first-order valence-corrected chi connectivity index (χ1v) is 1.07. The van der Waals surface area contributed by atoms with Gasteiger partial charge in [-0.2, -0.15) is 0 Å². The molecule has 0 amide bonds. The van der Waals surface area contributed by atoms with E-state index in [4.69, 9.17) is 9.24 Å². The molecule has 0 unspecified atom stereocenters. The second-order valence-corrected chi connectivity index (χ2v) is 0.389. The average Bonchev–Trinajstić information content (AvgIpc) is 1.30. The second kappa shape index (κ2) is 2.53. The van der Waals surface area contributed by atoms with Gasteiger partial charge in [-0.15, -0.1) is 4.78 Å². The summed E-state index contributed by atoms with van der Waals surface area (Å²) in [6.45, 7) is 0. The summed E-state index contributed by atoms with van der Waals surface area (Å²) in [5.41, 5.74) is 7.53. The van der Waals surface area contributed by atoms with E-state index in [1.165, 1.54) is 0 Å². The first-order chi connectivity index (χ1) is 3.06. The highest BCUT2D eigenvalue weighted by Gasteiger charge is 1.28. The summed E-state index contributed by atoms with van der Waals surface area (Å²) in [6.07, 6.45) is 0. The van der Waals surface area contributed by atoms with Gasteiger partial charge in [0, 0.05) is 3.70 Å². The van der Waals surface area contributed by atoms with Crippen LogP contribution in [0.5, 0.6) is 0 Å². The fraction of sp³-hybridized carbons (Fsp3) is 0. The van der Waals surface area contributed by atoms with E-state index in [9.17, 15) is 0 Å². The molecule has 0 aliphatic carbocycles. The van der Waals surface area contributed by atoms with Gasteiger partial charge in [-0.3, -0.25) is 0 Å². The molecular weight excluding hydrogens is 70.1 g/mol. The monoisotopic (exact) mass is 78.0 g/mol. The lowest BCUT2D eigenvalue weighted by Gasteiger charge is -1.34. The molecule has 0 saturated heterocycles. The van der Waals surface area contributed by atoms with E-state index in [1.54, 1.807) is 0 Å². The molecule has 0 spiro atoms.